The van der Waals surface area contributed by atoms with Crippen LogP contribution in [0.1, 0.15) is 30.2 Å². The molecule has 0 aliphatic heterocycles. The maximum atomic E-state index is 12.7. The number of carbonyl (C=O) groups excluding carboxylic acids is 1. The number of fused-ring (bicyclic) bond motifs is 1. The molecule has 4 aromatic heterocycles. The number of primary amides is 1. The first kappa shape index (κ1) is 19.4. The maximum Gasteiger partial charge on any atom is 0.260 e. The van der Waals surface area contributed by atoms with E-state index in [0.29, 0.717) is 39.2 Å². The van der Waals surface area contributed by atoms with Crippen molar-refractivity contribution in [3.05, 3.63) is 45.8 Å². The number of thiophene rings is 1. The molecule has 0 aliphatic rings. The molecular weight excluding hydrogens is 412 g/mol. The summed E-state index contributed by atoms with van der Waals surface area (Å²) in [7, 11) is 1.83. The number of hydrogen-bond acceptors (Lipinski definition) is 8. The Bertz CT molecular complexity index is 1220. The lowest BCUT2D eigenvalue weighted by Gasteiger charge is -2.10. The molecule has 0 bridgehead atoms. The van der Waals surface area contributed by atoms with Crippen molar-refractivity contribution in [1.82, 2.24) is 24.7 Å². The van der Waals surface area contributed by atoms with Crippen LogP contribution < -0.4 is 11.3 Å². The van der Waals surface area contributed by atoms with Crippen molar-refractivity contribution in [2.24, 2.45) is 12.8 Å². The van der Waals surface area contributed by atoms with Crippen LogP contribution in [0.4, 0.5) is 0 Å². The molecule has 4 rings (SSSR count). The molecule has 4 aromatic rings. The molecule has 1 atom stereocenters. The monoisotopic (exact) mass is 430 g/mol. The summed E-state index contributed by atoms with van der Waals surface area (Å²) in [4.78, 5) is 31.9. The maximum absolute atomic E-state index is 12.7. The molecule has 0 aromatic carbocycles. The summed E-state index contributed by atoms with van der Waals surface area (Å²) in [5.74, 6) is 1.50. The molecule has 11 heteroatoms. The zero-order valence-corrected chi connectivity index (χ0v) is 17.3. The van der Waals surface area contributed by atoms with Gasteiger partial charge in [-0.3, -0.25) is 9.59 Å². The van der Waals surface area contributed by atoms with E-state index >= 15 is 0 Å². The summed E-state index contributed by atoms with van der Waals surface area (Å²) < 4.78 is 7.24. The predicted molar refractivity (Wildman–Crippen MR) is 111 cm³/mol. The van der Waals surface area contributed by atoms with Gasteiger partial charge >= 0.3 is 0 Å². The van der Waals surface area contributed by atoms with Crippen molar-refractivity contribution in [3.63, 3.8) is 0 Å². The lowest BCUT2D eigenvalue weighted by molar-refractivity contribution is -0.118. The normalized spacial score (nSPS) is 12.5. The highest BCUT2D eigenvalue weighted by Gasteiger charge is 2.20. The molecular formula is C18H18N6O3S2. The standard InChI is InChI=1S/C18H18N6O3S2/c1-9(29-18-23-22-13(24(18)2)6-5-12(19)25)15-20-16(26)14-10(8-28-17(14)21-15)11-4-3-7-27-11/h3-4,7-9H,5-6H2,1-2H3,(H2,19,25)(H,20,21,26). The zero-order chi connectivity index (χ0) is 20.5. The van der Waals surface area contributed by atoms with Crippen LogP contribution >= 0.6 is 23.1 Å². The first-order valence-electron chi connectivity index (χ1n) is 8.82. The van der Waals surface area contributed by atoms with Crippen LogP contribution in [0.3, 0.4) is 0 Å². The van der Waals surface area contributed by atoms with Gasteiger partial charge in [0.1, 0.15) is 22.2 Å². The number of rotatable bonds is 7. The van der Waals surface area contributed by atoms with Gasteiger partial charge in [0, 0.05) is 30.8 Å². The van der Waals surface area contributed by atoms with E-state index in [4.69, 9.17) is 10.2 Å². The Morgan fingerprint density at radius 1 is 1.45 bits per heavy atom. The van der Waals surface area contributed by atoms with E-state index in [-0.39, 0.29) is 23.1 Å². The number of carbonyl (C=O) groups is 1. The Hall–Kier alpha value is -2.92. The van der Waals surface area contributed by atoms with Crippen LogP contribution in [-0.2, 0) is 18.3 Å². The van der Waals surface area contributed by atoms with Crippen molar-refractivity contribution in [1.29, 1.82) is 0 Å². The Labute approximate surface area is 173 Å². The number of nitrogens with two attached hydrogens (primary N) is 1. The van der Waals surface area contributed by atoms with E-state index in [0.717, 1.165) is 5.56 Å². The topological polar surface area (TPSA) is 133 Å². The van der Waals surface area contributed by atoms with Crippen molar-refractivity contribution >= 4 is 39.2 Å². The lowest BCUT2D eigenvalue weighted by Crippen LogP contribution is -2.13. The third kappa shape index (κ3) is 3.83. The minimum atomic E-state index is -0.379. The number of thioether (sulfide) groups is 1. The minimum Gasteiger partial charge on any atom is -0.464 e. The molecule has 3 N–H and O–H groups in total. The number of amides is 1. The van der Waals surface area contributed by atoms with Gasteiger partial charge in [0.2, 0.25) is 5.91 Å². The Kier molecular flexibility index (Phi) is 5.24. The Morgan fingerprint density at radius 2 is 2.28 bits per heavy atom. The van der Waals surface area contributed by atoms with Gasteiger partial charge in [-0.1, -0.05) is 11.8 Å². The fraction of sp³-hybridized carbons (Fsp3) is 0.278. The summed E-state index contributed by atoms with van der Waals surface area (Å²) in [6, 6.07) is 3.60. The van der Waals surface area contributed by atoms with Crippen LogP contribution in [0.25, 0.3) is 21.5 Å². The van der Waals surface area contributed by atoms with Crippen molar-refractivity contribution < 1.29 is 9.21 Å². The highest BCUT2D eigenvalue weighted by molar-refractivity contribution is 7.99. The van der Waals surface area contributed by atoms with Crippen molar-refractivity contribution in [2.45, 2.75) is 30.2 Å². The van der Waals surface area contributed by atoms with E-state index in [1.807, 2.05) is 30.0 Å². The summed E-state index contributed by atoms with van der Waals surface area (Å²) in [6.45, 7) is 1.94. The number of H-pyrrole nitrogens is 1. The van der Waals surface area contributed by atoms with Gasteiger partial charge in [0.15, 0.2) is 5.16 Å². The first-order valence-corrected chi connectivity index (χ1v) is 10.6. The van der Waals surface area contributed by atoms with Gasteiger partial charge in [-0.15, -0.1) is 21.5 Å². The number of aryl methyl sites for hydroxylation is 1. The van der Waals surface area contributed by atoms with Gasteiger partial charge in [-0.05, 0) is 19.1 Å². The molecule has 29 heavy (non-hydrogen) atoms. The second kappa shape index (κ2) is 7.84. The highest BCUT2D eigenvalue weighted by Crippen LogP contribution is 2.35. The number of furan rings is 1. The van der Waals surface area contributed by atoms with E-state index in [1.54, 1.807) is 12.3 Å². The number of aromatic amines is 1. The summed E-state index contributed by atoms with van der Waals surface area (Å²) in [5.41, 5.74) is 5.73. The number of aromatic nitrogens is 5. The van der Waals surface area contributed by atoms with Gasteiger partial charge in [-0.25, -0.2) is 4.98 Å². The van der Waals surface area contributed by atoms with Crippen LogP contribution in [0.2, 0.25) is 0 Å². The molecule has 0 aliphatic carbocycles. The summed E-state index contributed by atoms with van der Waals surface area (Å²) >= 11 is 2.83. The van der Waals surface area contributed by atoms with E-state index in [2.05, 4.69) is 20.2 Å². The summed E-state index contributed by atoms with van der Waals surface area (Å²) in [5, 5.41) is 11.2. The molecule has 0 saturated carbocycles. The second-order valence-electron chi connectivity index (χ2n) is 6.44. The van der Waals surface area contributed by atoms with E-state index in [1.165, 1.54) is 23.1 Å². The molecule has 4 heterocycles. The van der Waals surface area contributed by atoms with E-state index < -0.39 is 0 Å². The average Bonchev–Trinajstić information content (AvgIpc) is 3.41. The highest BCUT2D eigenvalue weighted by atomic mass is 32.2. The summed E-state index contributed by atoms with van der Waals surface area (Å²) in [6.07, 6.45) is 2.22. The average molecular weight is 431 g/mol. The number of nitrogens with one attached hydrogen (secondary N) is 1. The quantitative estimate of drug-likeness (QED) is 0.431. The van der Waals surface area contributed by atoms with Crippen LogP contribution in [0.15, 0.2) is 38.1 Å². The van der Waals surface area contributed by atoms with Crippen LogP contribution in [0.5, 0.6) is 0 Å². The van der Waals surface area contributed by atoms with Gasteiger partial charge < -0.3 is 19.7 Å². The molecule has 150 valence electrons. The first-order chi connectivity index (χ1) is 13.9. The third-order valence-electron chi connectivity index (χ3n) is 4.44. The minimum absolute atomic E-state index is 0.159. The van der Waals surface area contributed by atoms with E-state index in [9.17, 15) is 9.59 Å². The lowest BCUT2D eigenvalue weighted by atomic mass is 10.2. The van der Waals surface area contributed by atoms with Gasteiger partial charge in [0.05, 0.1) is 16.9 Å². The van der Waals surface area contributed by atoms with Crippen LogP contribution in [-0.4, -0.2) is 30.6 Å². The number of hydrogen-bond donors (Lipinski definition) is 2. The van der Waals surface area contributed by atoms with Crippen molar-refractivity contribution in [2.75, 3.05) is 0 Å². The van der Waals surface area contributed by atoms with Gasteiger partial charge in [-0.2, -0.15) is 0 Å². The van der Waals surface area contributed by atoms with Crippen LogP contribution in [0, 0.1) is 0 Å². The van der Waals surface area contributed by atoms with Crippen molar-refractivity contribution in [3.8, 4) is 11.3 Å². The molecule has 0 spiro atoms. The molecule has 9 nitrogen and oxygen atoms in total. The third-order valence-corrected chi connectivity index (χ3v) is 6.45. The molecule has 0 fully saturated rings. The zero-order valence-electron chi connectivity index (χ0n) is 15.7. The second-order valence-corrected chi connectivity index (χ2v) is 8.61. The Balaban J connectivity index is 1.59. The molecule has 1 unspecified atom stereocenters. The largest absolute Gasteiger partial charge is 0.464 e. The smallest absolute Gasteiger partial charge is 0.260 e. The SMILES string of the molecule is CC(Sc1nnc(CCC(N)=O)n1C)c1nc2scc(-c3ccco3)c2c(=O)[nH]1. The fourth-order valence-corrected chi connectivity index (χ4v) is 4.71. The fourth-order valence-electron chi connectivity index (χ4n) is 2.89. The molecule has 0 saturated heterocycles. The molecule has 1 amide bonds. The Morgan fingerprint density at radius 3 is 3.00 bits per heavy atom. The molecule has 0 radical (unpaired) electrons. The number of nitrogens with zero attached hydrogens (tertiary/aromatic N) is 4. The van der Waals surface area contributed by atoms with Gasteiger partial charge in [0.25, 0.3) is 5.56 Å². The predicted octanol–water partition coefficient (Wildman–Crippen LogP) is 2.64.